The minimum atomic E-state index is -0.963. The molecule has 0 saturated carbocycles. The Labute approximate surface area is 133 Å². The van der Waals surface area contributed by atoms with Gasteiger partial charge in [-0.1, -0.05) is 30.3 Å². The van der Waals surface area contributed by atoms with Crippen molar-refractivity contribution in [1.29, 1.82) is 0 Å². The van der Waals surface area contributed by atoms with Crippen molar-refractivity contribution in [2.75, 3.05) is 6.54 Å². The van der Waals surface area contributed by atoms with Crippen molar-refractivity contribution in [1.82, 2.24) is 14.9 Å². The second-order valence-electron chi connectivity index (χ2n) is 5.55. The van der Waals surface area contributed by atoms with Crippen LogP contribution in [0.25, 0.3) is 11.4 Å². The zero-order valence-corrected chi connectivity index (χ0v) is 12.8. The first-order chi connectivity index (χ1) is 11.1. The Kier molecular flexibility index (Phi) is 4.06. The molecule has 1 aromatic carbocycles. The van der Waals surface area contributed by atoms with Crippen LogP contribution in [0.4, 0.5) is 0 Å². The Bertz CT molecular complexity index is 746. The van der Waals surface area contributed by atoms with E-state index in [0.717, 1.165) is 5.56 Å². The molecule has 0 spiro atoms. The van der Waals surface area contributed by atoms with Crippen LogP contribution in [0.1, 0.15) is 28.9 Å². The number of hydrogen-bond acceptors (Lipinski definition) is 4. The predicted octanol–water partition coefficient (Wildman–Crippen LogP) is 2.14. The number of benzene rings is 1. The summed E-state index contributed by atoms with van der Waals surface area (Å²) in [5, 5.41) is 9.22. The Balaban J connectivity index is 1.89. The van der Waals surface area contributed by atoms with Crippen LogP contribution in [-0.4, -0.2) is 44.4 Å². The third-order valence-corrected chi connectivity index (χ3v) is 4.04. The fourth-order valence-corrected chi connectivity index (χ4v) is 2.82. The Morgan fingerprint density at radius 1 is 1.26 bits per heavy atom. The molecule has 0 aliphatic carbocycles. The molecule has 3 rings (SSSR count). The first-order valence-electron chi connectivity index (χ1n) is 7.51. The van der Waals surface area contributed by atoms with Crippen LogP contribution in [0.5, 0.6) is 0 Å². The fourth-order valence-electron chi connectivity index (χ4n) is 2.82. The Morgan fingerprint density at radius 3 is 2.65 bits per heavy atom. The largest absolute Gasteiger partial charge is 0.480 e. The van der Waals surface area contributed by atoms with E-state index >= 15 is 0 Å². The lowest BCUT2D eigenvalue weighted by Gasteiger charge is -2.22. The minimum Gasteiger partial charge on any atom is -0.480 e. The summed E-state index contributed by atoms with van der Waals surface area (Å²) in [4.78, 5) is 33.9. The molecule has 1 aliphatic rings. The molecule has 6 heteroatoms. The topological polar surface area (TPSA) is 83.4 Å². The smallest absolute Gasteiger partial charge is 0.326 e. The number of amides is 1. The molecular formula is C17H17N3O3. The summed E-state index contributed by atoms with van der Waals surface area (Å²) in [6.07, 6.45) is 2.68. The summed E-state index contributed by atoms with van der Waals surface area (Å²) in [7, 11) is 0. The second kappa shape index (κ2) is 6.16. The summed E-state index contributed by atoms with van der Waals surface area (Å²) >= 11 is 0. The maximum absolute atomic E-state index is 12.6. The van der Waals surface area contributed by atoms with Crippen LogP contribution >= 0.6 is 0 Å². The van der Waals surface area contributed by atoms with E-state index in [-0.39, 0.29) is 5.91 Å². The van der Waals surface area contributed by atoms with Gasteiger partial charge in [0.2, 0.25) is 0 Å². The van der Waals surface area contributed by atoms with Crippen LogP contribution in [0, 0.1) is 6.92 Å². The Hall–Kier alpha value is -2.76. The molecule has 6 nitrogen and oxygen atoms in total. The zero-order chi connectivity index (χ0) is 16.4. The van der Waals surface area contributed by atoms with Crippen molar-refractivity contribution in [3.63, 3.8) is 0 Å². The monoisotopic (exact) mass is 311 g/mol. The molecule has 1 fully saturated rings. The first-order valence-corrected chi connectivity index (χ1v) is 7.51. The van der Waals surface area contributed by atoms with Crippen LogP contribution < -0.4 is 0 Å². The highest BCUT2D eigenvalue weighted by Gasteiger charge is 2.35. The zero-order valence-electron chi connectivity index (χ0n) is 12.8. The van der Waals surface area contributed by atoms with Gasteiger partial charge in [-0.2, -0.15) is 0 Å². The number of rotatable bonds is 3. The maximum Gasteiger partial charge on any atom is 0.326 e. The number of hydrogen-bond donors (Lipinski definition) is 1. The molecule has 1 amide bonds. The summed E-state index contributed by atoms with van der Waals surface area (Å²) in [6, 6.07) is 8.75. The van der Waals surface area contributed by atoms with E-state index in [4.69, 9.17) is 0 Å². The summed E-state index contributed by atoms with van der Waals surface area (Å²) in [6.45, 7) is 2.20. The molecule has 118 valence electrons. The molecule has 1 aromatic heterocycles. The highest BCUT2D eigenvalue weighted by atomic mass is 16.4. The van der Waals surface area contributed by atoms with Gasteiger partial charge in [-0.25, -0.2) is 14.8 Å². The van der Waals surface area contributed by atoms with Crippen LogP contribution in [0.3, 0.4) is 0 Å². The van der Waals surface area contributed by atoms with E-state index in [2.05, 4.69) is 9.97 Å². The summed E-state index contributed by atoms with van der Waals surface area (Å²) in [5.74, 6) is -0.724. The van der Waals surface area contributed by atoms with Crippen LogP contribution in [-0.2, 0) is 4.79 Å². The van der Waals surface area contributed by atoms with Gasteiger partial charge in [0.25, 0.3) is 5.91 Å². The maximum atomic E-state index is 12.6. The van der Waals surface area contributed by atoms with E-state index in [1.54, 1.807) is 6.92 Å². The SMILES string of the molecule is Cc1nc(-c2ccccc2)ncc1C(=O)N1CCC[C@H]1C(=O)O. The van der Waals surface area contributed by atoms with Gasteiger partial charge in [0.1, 0.15) is 6.04 Å². The van der Waals surface area contributed by atoms with E-state index in [1.807, 2.05) is 30.3 Å². The molecule has 0 radical (unpaired) electrons. The van der Waals surface area contributed by atoms with E-state index in [1.165, 1.54) is 11.1 Å². The number of nitrogens with zero attached hydrogens (tertiary/aromatic N) is 3. The quantitative estimate of drug-likeness (QED) is 0.939. The van der Waals surface area contributed by atoms with Crippen molar-refractivity contribution < 1.29 is 14.7 Å². The summed E-state index contributed by atoms with van der Waals surface area (Å²) < 4.78 is 0. The second-order valence-corrected chi connectivity index (χ2v) is 5.55. The normalized spacial score (nSPS) is 17.3. The average Bonchev–Trinajstić information content (AvgIpc) is 3.05. The number of likely N-dealkylation sites (tertiary alicyclic amines) is 1. The average molecular weight is 311 g/mol. The third-order valence-electron chi connectivity index (χ3n) is 4.04. The highest BCUT2D eigenvalue weighted by molar-refractivity contribution is 5.97. The molecular weight excluding hydrogens is 294 g/mol. The van der Waals surface area contributed by atoms with Crippen molar-refractivity contribution in [3.8, 4) is 11.4 Å². The third kappa shape index (κ3) is 2.92. The first kappa shape index (κ1) is 15.1. The van der Waals surface area contributed by atoms with Gasteiger partial charge in [0, 0.05) is 18.3 Å². The minimum absolute atomic E-state index is 0.313. The van der Waals surface area contributed by atoms with Crippen molar-refractivity contribution in [2.24, 2.45) is 0 Å². The van der Waals surface area contributed by atoms with E-state index in [9.17, 15) is 14.7 Å². The number of aryl methyl sites for hydroxylation is 1. The number of aromatic nitrogens is 2. The Morgan fingerprint density at radius 2 is 2.00 bits per heavy atom. The standard InChI is InChI=1S/C17H17N3O3/c1-11-13(16(21)20-9-5-8-14(20)17(22)23)10-18-15(19-11)12-6-3-2-4-7-12/h2-4,6-7,10,14H,5,8-9H2,1H3,(H,22,23)/t14-/m0/s1. The lowest BCUT2D eigenvalue weighted by Crippen LogP contribution is -2.40. The molecule has 1 saturated heterocycles. The van der Waals surface area contributed by atoms with Crippen molar-refractivity contribution in [3.05, 3.63) is 47.8 Å². The van der Waals surface area contributed by atoms with Gasteiger partial charge >= 0.3 is 5.97 Å². The molecule has 23 heavy (non-hydrogen) atoms. The van der Waals surface area contributed by atoms with Gasteiger partial charge in [-0.05, 0) is 19.8 Å². The van der Waals surface area contributed by atoms with Crippen molar-refractivity contribution >= 4 is 11.9 Å². The number of aliphatic carboxylic acids is 1. The lowest BCUT2D eigenvalue weighted by atomic mass is 10.1. The highest BCUT2D eigenvalue weighted by Crippen LogP contribution is 2.22. The molecule has 1 aliphatic heterocycles. The van der Waals surface area contributed by atoms with E-state index in [0.29, 0.717) is 36.5 Å². The lowest BCUT2D eigenvalue weighted by molar-refractivity contribution is -0.141. The number of carbonyl (C=O) groups excluding carboxylic acids is 1. The molecule has 2 aromatic rings. The fraction of sp³-hybridized carbons (Fsp3) is 0.294. The summed E-state index contributed by atoms with van der Waals surface area (Å²) in [5.41, 5.74) is 1.79. The van der Waals surface area contributed by atoms with Crippen LogP contribution in [0.2, 0.25) is 0 Å². The van der Waals surface area contributed by atoms with Gasteiger partial charge in [0.15, 0.2) is 5.82 Å². The predicted molar refractivity (Wildman–Crippen MR) is 83.9 cm³/mol. The van der Waals surface area contributed by atoms with Gasteiger partial charge < -0.3 is 10.0 Å². The molecule has 0 bridgehead atoms. The molecule has 0 unspecified atom stereocenters. The number of carboxylic acid groups (broad SMARTS) is 1. The molecule has 2 heterocycles. The van der Waals surface area contributed by atoms with Gasteiger partial charge in [-0.3, -0.25) is 4.79 Å². The molecule has 1 N–H and O–H groups in total. The van der Waals surface area contributed by atoms with Gasteiger partial charge in [-0.15, -0.1) is 0 Å². The van der Waals surface area contributed by atoms with Crippen LogP contribution in [0.15, 0.2) is 36.5 Å². The van der Waals surface area contributed by atoms with E-state index < -0.39 is 12.0 Å². The van der Waals surface area contributed by atoms with Crippen molar-refractivity contribution in [2.45, 2.75) is 25.8 Å². The number of carbonyl (C=O) groups is 2. The van der Waals surface area contributed by atoms with Gasteiger partial charge in [0.05, 0.1) is 11.3 Å². The molecule has 1 atom stereocenters. The number of carboxylic acids is 1.